The molecule has 1 atom stereocenters. The van der Waals surface area contributed by atoms with Gasteiger partial charge in [0.1, 0.15) is 10.4 Å². The van der Waals surface area contributed by atoms with Crippen LogP contribution in [0, 0.1) is 0 Å². The van der Waals surface area contributed by atoms with Crippen LogP contribution >= 0.6 is 38.9 Å². The van der Waals surface area contributed by atoms with E-state index in [-0.39, 0.29) is 5.97 Å². The lowest BCUT2D eigenvalue weighted by atomic mass is 10.2. The number of nitrogens with one attached hydrogen (secondary N) is 1. The van der Waals surface area contributed by atoms with Gasteiger partial charge in [0.2, 0.25) is 0 Å². The number of carbonyl (C=O) groups excluding carboxylic acids is 1. The van der Waals surface area contributed by atoms with Gasteiger partial charge in [-0.05, 0) is 41.9 Å². The summed E-state index contributed by atoms with van der Waals surface area (Å²) < 4.78 is 6.51. The molecule has 1 aromatic rings. The van der Waals surface area contributed by atoms with Crippen LogP contribution in [0.5, 0.6) is 0 Å². The minimum atomic E-state index is -0.427. The van der Waals surface area contributed by atoms with Crippen molar-refractivity contribution in [1.82, 2.24) is 5.32 Å². The van der Waals surface area contributed by atoms with Crippen molar-refractivity contribution in [2.75, 3.05) is 13.2 Å². The lowest BCUT2D eigenvalue weighted by Gasteiger charge is -2.15. The molecule has 1 rings (SSSR count). The lowest BCUT2D eigenvalue weighted by molar-refractivity contribution is -0.145. The summed E-state index contributed by atoms with van der Waals surface area (Å²) in [5.74, 6) is -0.258. The molecule has 1 aromatic heterocycles. The van der Waals surface area contributed by atoms with E-state index in [0.29, 0.717) is 10.9 Å². The number of rotatable bonds is 6. The zero-order valence-electron chi connectivity index (χ0n) is 9.76. The minimum Gasteiger partial charge on any atom is -0.465 e. The van der Waals surface area contributed by atoms with Gasteiger partial charge in [0, 0.05) is 9.35 Å². The lowest BCUT2D eigenvalue weighted by Crippen LogP contribution is -2.30. The van der Waals surface area contributed by atoms with Crippen molar-refractivity contribution < 1.29 is 9.53 Å². The summed E-state index contributed by atoms with van der Waals surface area (Å²) >= 11 is 10.7. The Morgan fingerprint density at radius 3 is 2.82 bits per heavy atom. The van der Waals surface area contributed by atoms with E-state index in [4.69, 9.17) is 16.3 Å². The van der Waals surface area contributed by atoms with Gasteiger partial charge in [-0.3, -0.25) is 0 Å². The molecule has 1 heterocycles. The monoisotopic (exact) mass is 339 g/mol. The van der Waals surface area contributed by atoms with Crippen molar-refractivity contribution in [2.24, 2.45) is 0 Å². The number of carbonyl (C=O) groups is 1. The Balaban J connectivity index is 2.85. The topological polar surface area (TPSA) is 38.3 Å². The van der Waals surface area contributed by atoms with Crippen LogP contribution in [-0.4, -0.2) is 19.1 Å². The fourth-order valence-electron chi connectivity index (χ4n) is 1.32. The van der Waals surface area contributed by atoms with Gasteiger partial charge in [0.15, 0.2) is 0 Å². The summed E-state index contributed by atoms with van der Waals surface area (Å²) in [5.41, 5.74) is 0. The second-order valence-corrected chi connectivity index (χ2v) is 5.95. The molecule has 1 unspecified atom stereocenters. The summed E-state index contributed by atoms with van der Waals surface area (Å²) in [6.07, 6.45) is 0.955. The quantitative estimate of drug-likeness (QED) is 0.801. The van der Waals surface area contributed by atoms with Crippen LogP contribution in [0.25, 0.3) is 0 Å². The minimum absolute atomic E-state index is 0.258. The van der Waals surface area contributed by atoms with Crippen LogP contribution in [0.2, 0.25) is 4.34 Å². The van der Waals surface area contributed by atoms with Gasteiger partial charge < -0.3 is 10.1 Å². The second-order valence-electron chi connectivity index (χ2n) is 3.41. The smallest absolute Gasteiger partial charge is 0.328 e. The maximum absolute atomic E-state index is 11.8. The predicted molar refractivity (Wildman–Crippen MR) is 74.7 cm³/mol. The van der Waals surface area contributed by atoms with E-state index in [1.165, 1.54) is 11.3 Å². The van der Waals surface area contributed by atoms with E-state index in [2.05, 4.69) is 21.2 Å². The first-order valence-corrected chi connectivity index (χ1v) is 7.43. The molecule has 0 spiro atoms. The predicted octanol–water partition coefficient (Wildman–Crippen LogP) is 3.77. The fourth-order valence-corrected chi connectivity index (χ4v) is 3.12. The molecule has 0 aliphatic carbocycles. The summed E-state index contributed by atoms with van der Waals surface area (Å²) in [6.45, 7) is 4.98. The van der Waals surface area contributed by atoms with Crippen LogP contribution < -0.4 is 5.32 Å². The summed E-state index contributed by atoms with van der Waals surface area (Å²) in [4.78, 5) is 12.7. The van der Waals surface area contributed by atoms with E-state index in [9.17, 15) is 4.79 Å². The molecular formula is C11H15BrClNO2S. The Labute approximate surface area is 119 Å². The number of thiophene rings is 1. The Morgan fingerprint density at radius 1 is 1.65 bits per heavy atom. The Kier molecular flexibility index (Phi) is 6.48. The summed E-state index contributed by atoms with van der Waals surface area (Å²) in [6, 6.07) is 1.43. The van der Waals surface area contributed by atoms with Gasteiger partial charge in [-0.1, -0.05) is 18.5 Å². The van der Waals surface area contributed by atoms with Crippen LogP contribution in [0.3, 0.4) is 0 Å². The van der Waals surface area contributed by atoms with Crippen molar-refractivity contribution in [1.29, 1.82) is 0 Å². The number of halogens is 2. The van der Waals surface area contributed by atoms with Crippen molar-refractivity contribution in [2.45, 2.75) is 26.3 Å². The molecule has 96 valence electrons. The average molecular weight is 341 g/mol. The first-order chi connectivity index (χ1) is 8.10. The normalized spacial score (nSPS) is 12.5. The molecule has 0 fully saturated rings. The Hall–Kier alpha value is -0.100. The zero-order valence-corrected chi connectivity index (χ0v) is 12.9. The molecule has 0 aromatic carbocycles. The van der Waals surface area contributed by atoms with E-state index in [1.807, 2.05) is 13.0 Å². The maximum atomic E-state index is 11.8. The number of hydrogen-bond donors (Lipinski definition) is 1. The van der Waals surface area contributed by atoms with Crippen LogP contribution in [0.1, 0.15) is 31.2 Å². The van der Waals surface area contributed by atoms with Crippen molar-refractivity contribution in [3.63, 3.8) is 0 Å². The SMILES string of the molecule is CCCNC(C(=O)OCC)c1cc(Br)c(Cl)s1. The van der Waals surface area contributed by atoms with E-state index in [0.717, 1.165) is 22.3 Å². The standard InChI is InChI=1S/C11H15BrClNO2S/c1-3-5-14-9(11(15)16-4-2)8-6-7(12)10(13)17-8/h6,9,14H,3-5H2,1-2H3. The van der Waals surface area contributed by atoms with E-state index in [1.54, 1.807) is 6.92 Å². The molecule has 1 N–H and O–H groups in total. The van der Waals surface area contributed by atoms with Gasteiger partial charge >= 0.3 is 5.97 Å². The third kappa shape index (κ3) is 4.25. The molecule has 3 nitrogen and oxygen atoms in total. The van der Waals surface area contributed by atoms with E-state index < -0.39 is 6.04 Å². The number of ether oxygens (including phenoxy) is 1. The third-order valence-corrected chi connectivity index (χ3v) is 4.61. The molecule has 0 bridgehead atoms. The molecule has 0 amide bonds. The highest BCUT2D eigenvalue weighted by Crippen LogP contribution is 2.35. The van der Waals surface area contributed by atoms with E-state index >= 15 is 0 Å². The highest BCUT2D eigenvalue weighted by atomic mass is 79.9. The highest BCUT2D eigenvalue weighted by molar-refractivity contribution is 9.10. The summed E-state index contributed by atoms with van der Waals surface area (Å²) in [5, 5.41) is 3.17. The molecule has 0 radical (unpaired) electrons. The largest absolute Gasteiger partial charge is 0.465 e. The molecule has 0 aliphatic heterocycles. The maximum Gasteiger partial charge on any atom is 0.328 e. The van der Waals surface area contributed by atoms with Gasteiger partial charge in [-0.25, -0.2) is 4.79 Å². The molecular weight excluding hydrogens is 326 g/mol. The van der Waals surface area contributed by atoms with Gasteiger partial charge in [0.05, 0.1) is 6.61 Å². The second kappa shape index (κ2) is 7.36. The third-order valence-electron chi connectivity index (χ3n) is 2.07. The van der Waals surface area contributed by atoms with Crippen LogP contribution in [-0.2, 0) is 9.53 Å². The average Bonchev–Trinajstić information content (AvgIpc) is 2.60. The highest BCUT2D eigenvalue weighted by Gasteiger charge is 2.23. The Morgan fingerprint density at radius 2 is 2.35 bits per heavy atom. The van der Waals surface area contributed by atoms with Gasteiger partial charge in [0.25, 0.3) is 0 Å². The first-order valence-electron chi connectivity index (χ1n) is 5.44. The zero-order chi connectivity index (χ0) is 12.8. The van der Waals surface area contributed by atoms with Crippen LogP contribution in [0.15, 0.2) is 10.5 Å². The van der Waals surface area contributed by atoms with Gasteiger partial charge in [-0.2, -0.15) is 0 Å². The van der Waals surface area contributed by atoms with Crippen molar-refractivity contribution >= 4 is 44.8 Å². The van der Waals surface area contributed by atoms with Crippen molar-refractivity contribution in [3.8, 4) is 0 Å². The molecule has 0 saturated heterocycles. The Bertz CT molecular complexity index is 364. The molecule has 6 heteroatoms. The first kappa shape index (κ1) is 15.0. The molecule has 0 saturated carbocycles. The fraction of sp³-hybridized carbons (Fsp3) is 0.545. The van der Waals surface area contributed by atoms with Crippen molar-refractivity contribution in [3.05, 3.63) is 19.8 Å². The number of hydrogen-bond acceptors (Lipinski definition) is 4. The molecule has 0 aliphatic rings. The number of esters is 1. The van der Waals surface area contributed by atoms with Gasteiger partial charge in [-0.15, -0.1) is 11.3 Å². The summed E-state index contributed by atoms with van der Waals surface area (Å²) in [7, 11) is 0. The molecule has 17 heavy (non-hydrogen) atoms. The van der Waals surface area contributed by atoms with Crippen LogP contribution in [0.4, 0.5) is 0 Å².